The molecule has 0 saturated carbocycles. The zero-order valence-electron chi connectivity index (χ0n) is 18.5. The fourth-order valence-electron chi connectivity index (χ4n) is 3.99. The molecular formula is C23H20F2N8O2. The van der Waals surface area contributed by atoms with E-state index in [0.29, 0.717) is 11.8 Å². The fourth-order valence-corrected chi connectivity index (χ4v) is 3.99. The summed E-state index contributed by atoms with van der Waals surface area (Å²) in [5, 5.41) is 24.1. The molecule has 0 aliphatic heterocycles. The molecule has 3 heterocycles. The number of rotatable bonds is 7. The number of hydrogen-bond acceptors (Lipinski definition) is 6. The highest BCUT2D eigenvalue weighted by molar-refractivity contribution is 5.40. The summed E-state index contributed by atoms with van der Waals surface area (Å²) >= 11 is 0. The second-order valence-corrected chi connectivity index (χ2v) is 8.01. The monoisotopic (exact) mass is 478 g/mol. The highest BCUT2D eigenvalue weighted by Gasteiger charge is 2.41. The molecule has 178 valence electrons. The van der Waals surface area contributed by atoms with Gasteiger partial charge in [-0.2, -0.15) is 15.3 Å². The Labute approximate surface area is 197 Å². The number of aromatic nitrogens is 8. The van der Waals surface area contributed by atoms with Gasteiger partial charge in [0.2, 0.25) is 0 Å². The lowest BCUT2D eigenvalue weighted by atomic mass is 9.86. The third-order valence-corrected chi connectivity index (χ3v) is 5.92. The summed E-state index contributed by atoms with van der Waals surface area (Å²) in [4.78, 5) is 17.1. The highest BCUT2D eigenvalue weighted by Crippen LogP contribution is 2.35. The van der Waals surface area contributed by atoms with Crippen molar-refractivity contribution in [1.29, 1.82) is 0 Å². The minimum Gasteiger partial charge on any atom is -0.381 e. The van der Waals surface area contributed by atoms with E-state index in [9.17, 15) is 18.7 Å². The average molecular weight is 478 g/mol. The summed E-state index contributed by atoms with van der Waals surface area (Å²) in [6, 6.07) is 10.7. The smallest absolute Gasteiger partial charge is 0.350 e. The molecule has 0 amide bonds. The molecular weight excluding hydrogens is 458 g/mol. The molecule has 2 aromatic carbocycles. The maximum atomic E-state index is 14.8. The van der Waals surface area contributed by atoms with Gasteiger partial charge in [0.1, 0.15) is 36.2 Å². The first-order chi connectivity index (χ1) is 16.9. The van der Waals surface area contributed by atoms with E-state index in [0.717, 1.165) is 22.5 Å². The topological polar surface area (TPSA) is 109 Å². The lowest BCUT2D eigenvalue weighted by molar-refractivity contribution is -0.0381. The molecule has 0 fully saturated rings. The van der Waals surface area contributed by atoms with Crippen LogP contribution in [0.4, 0.5) is 8.78 Å². The molecule has 0 aliphatic rings. The number of halogens is 2. The van der Waals surface area contributed by atoms with Crippen molar-refractivity contribution in [3.05, 3.63) is 108 Å². The minimum absolute atomic E-state index is 0.202. The van der Waals surface area contributed by atoms with Crippen molar-refractivity contribution in [2.24, 2.45) is 0 Å². The van der Waals surface area contributed by atoms with Crippen LogP contribution < -0.4 is 5.69 Å². The summed E-state index contributed by atoms with van der Waals surface area (Å²) in [6.07, 6.45) is 7.39. The van der Waals surface area contributed by atoms with E-state index in [-0.39, 0.29) is 12.1 Å². The maximum Gasteiger partial charge on any atom is 0.350 e. The van der Waals surface area contributed by atoms with Crippen LogP contribution in [0.5, 0.6) is 0 Å². The minimum atomic E-state index is -2.02. The number of hydrogen-bond donors (Lipinski definition) is 1. The molecule has 0 bridgehead atoms. The van der Waals surface area contributed by atoms with Crippen LogP contribution in [-0.2, 0) is 12.1 Å². The van der Waals surface area contributed by atoms with Gasteiger partial charge in [-0.05, 0) is 43.3 Å². The summed E-state index contributed by atoms with van der Waals surface area (Å²) < 4.78 is 33.7. The lowest BCUT2D eigenvalue weighted by Gasteiger charge is -2.34. The zero-order valence-corrected chi connectivity index (χ0v) is 18.5. The van der Waals surface area contributed by atoms with E-state index in [1.54, 1.807) is 47.4 Å². The van der Waals surface area contributed by atoms with Crippen LogP contribution in [0.3, 0.4) is 0 Å². The molecule has 2 atom stereocenters. The van der Waals surface area contributed by atoms with E-state index >= 15 is 0 Å². The van der Waals surface area contributed by atoms with Gasteiger partial charge in [0.15, 0.2) is 0 Å². The van der Waals surface area contributed by atoms with Gasteiger partial charge in [-0.15, -0.1) is 0 Å². The van der Waals surface area contributed by atoms with E-state index in [2.05, 4.69) is 20.3 Å². The van der Waals surface area contributed by atoms with Gasteiger partial charge in [-0.25, -0.2) is 37.2 Å². The van der Waals surface area contributed by atoms with Gasteiger partial charge in [-0.1, -0.05) is 6.07 Å². The quantitative estimate of drug-likeness (QED) is 0.384. The lowest BCUT2D eigenvalue weighted by Crippen LogP contribution is -2.44. The Balaban J connectivity index is 1.53. The molecule has 0 radical (unpaired) electrons. The van der Waals surface area contributed by atoms with E-state index in [1.165, 1.54) is 35.2 Å². The molecule has 0 saturated heterocycles. The first kappa shape index (κ1) is 22.3. The van der Waals surface area contributed by atoms with Crippen LogP contribution in [0.15, 0.2) is 84.7 Å². The summed E-state index contributed by atoms with van der Waals surface area (Å²) in [5.74, 6) is -1.75. The van der Waals surface area contributed by atoms with Crippen molar-refractivity contribution < 1.29 is 13.9 Å². The standard InChI is InChI=1S/C23H20F2N8O2/c1-16(23(35,12-30-14-26-13-28-30)20-8-3-17(24)11-21(20)25)33-22(34)31(15-29-33)18-4-6-19(7-5-18)32-10-2-9-27-32/h2-11,13-16,35H,12H2,1H3. The van der Waals surface area contributed by atoms with Crippen molar-refractivity contribution in [3.63, 3.8) is 0 Å². The van der Waals surface area contributed by atoms with E-state index in [1.807, 2.05) is 0 Å². The maximum absolute atomic E-state index is 14.8. The summed E-state index contributed by atoms with van der Waals surface area (Å²) in [5.41, 5.74) is -1.42. The van der Waals surface area contributed by atoms with Crippen LogP contribution >= 0.6 is 0 Å². The van der Waals surface area contributed by atoms with Crippen molar-refractivity contribution in [2.75, 3.05) is 0 Å². The summed E-state index contributed by atoms with van der Waals surface area (Å²) in [7, 11) is 0. The van der Waals surface area contributed by atoms with E-state index < -0.39 is 29.0 Å². The third kappa shape index (κ3) is 4.04. The Morgan fingerprint density at radius 1 is 1.03 bits per heavy atom. The van der Waals surface area contributed by atoms with Crippen LogP contribution in [0, 0.1) is 11.6 Å². The Hall–Kier alpha value is -4.45. The zero-order chi connectivity index (χ0) is 24.6. The first-order valence-electron chi connectivity index (χ1n) is 10.6. The highest BCUT2D eigenvalue weighted by atomic mass is 19.1. The molecule has 0 spiro atoms. The van der Waals surface area contributed by atoms with Gasteiger partial charge in [-0.3, -0.25) is 0 Å². The summed E-state index contributed by atoms with van der Waals surface area (Å²) in [6.45, 7) is 1.27. The first-order valence-corrected chi connectivity index (χ1v) is 10.6. The molecule has 0 aliphatic carbocycles. The van der Waals surface area contributed by atoms with Crippen molar-refractivity contribution in [3.8, 4) is 11.4 Å². The molecule has 35 heavy (non-hydrogen) atoms. The van der Waals surface area contributed by atoms with Gasteiger partial charge < -0.3 is 5.11 Å². The Bertz CT molecular complexity index is 1490. The number of nitrogens with zero attached hydrogens (tertiary/aromatic N) is 8. The number of benzene rings is 2. The largest absolute Gasteiger partial charge is 0.381 e. The van der Waals surface area contributed by atoms with Crippen molar-refractivity contribution in [2.45, 2.75) is 25.1 Å². The molecule has 5 aromatic rings. The molecule has 3 aromatic heterocycles. The van der Waals surface area contributed by atoms with Crippen LogP contribution in [0.1, 0.15) is 18.5 Å². The Morgan fingerprint density at radius 2 is 1.80 bits per heavy atom. The second kappa shape index (κ2) is 8.72. The van der Waals surface area contributed by atoms with Gasteiger partial charge >= 0.3 is 5.69 Å². The molecule has 1 N–H and O–H groups in total. The van der Waals surface area contributed by atoms with Gasteiger partial charge in [0.05, 0.1) is 24.0 Å². The second-order valence-electron chi connectivity index (χ2n) is 8.01. The van der Waals surface area contributed by atoms with Crippen LogP contribution in [-0.4, -0.2) is 44.0 Å². The van der Waals surface area contributed by atoms with E-state index in [4.69, 9.17) is 0 Å². The Kier molecular flexibility index (Phi) is 5.57. The molecule has 2 unspecified atom stereocenters. The normalized spacial score (nSPS) is 14.1. The Morgan fingerprint density at radius 3 is 2.46 bits per heavy atom. The SMILES string of the molecule is CC(n1ncn(-c2ccc(-n3cccn3)cc2)c1=O)C(O)(Cn1cncn1)c1ccc(F)cc1F. The van der Waals surface area contributed by atoms with Gasteiger partial charge in [0, 0.05) is 24.0 Å². The molecule has 12 heteroatoms. The van der Waals surface area contributed by atoms with Crippen LogP contribution in [0.2, 0.25) is 0 Å². The average Bonchev–Trinajstić information content (AvgIpc) is 3.61. The predicted molar refractivity (Wildman–Crippen MR) is 120 cm³/mol. The predicted octanol–water partition coefficient (Wildman–Crippen LogP) is 2.24. The van der Waals surface area contributed by atoms with Crippen molar-refractivity contribution >= 4 is 0 Å². The molecule has 10 nitrogen and oxygen atoms in total. The fraction of sp³-hybridized carbons (Fsp3) is 0.174. The van der Waals surface area contributed by atoms with Crippen LogP contribution in [0.25, 0.3) is 11.4 Å². The number of aliphatic hydroxyl groups is 1. The third-order valence-electron chi connectivity index (χ3n) is 5.92. The van der Waals surface area contributed by atoms with Gasteiger partial charge in [0.25, 0.3) is 0 Å². The molecule has 5 rings (SSSR count). The van der Waals surface area contributed by atoms with Crippen molar-refractivity contribution in [1.82, 2.24) is 38.9 Å².